The summed E-state index contributed by atoms with van der Waals surface area (Å²) in [5, 5.41) is 1.14. The van der Waals surface area contributed by atoms with Crippen LogP contribution < -0.4 is 4.74 Å². The topological polar surface area (TPSA) is 45.3 Å². The number of hydrogen-bond donors (Lipinski definition) is 1. The smallest absolute Gasteiger partial charge is 0.227 e. The van der Waals surface area contributed by atoms with Gasteiger partial charge in [0.25, 0.3) is 0 Å². The summed E-state index contributed by atoms with van der Waals surface area (Å²) in [7, 11) is 0. The van der Waals surface area contributed by atoms with E-state index in [-0.39, 0.29) is 12.0 Å². The number of amides is 1. The Labute approximate surface area is 160 Å². The summed E-state index contributed by atoms with van der Waals surface area (Å²) in [6.07, 6.45) is 4.36. The van der Waals surface area contributed by atoms with E-state index in [9.17, 15) is 4.79 Å². The molecule has 0 aliphatic carbocycles. The molecule has 1 aliphatic heterocycles. The second-order valence-electron chi connectivity index (χ2n) is 7.46. The van der Waals surface area contributed by atoms with Crippen molar-refractivity contribution in [2.75, 3.05) is 13.1 Å². The van der Waals surface area contributed by atoms with Crippen molar-refractivity contribution in [2.24, 2.45) is 0 Å². The highest BCUT2D eigenvalue weighted by Crippen LogP contribution is 2.27. The van der Waals surface area contributed by atoms with E-state index in [2.05, 4.69) is 43.1 Å². The number of aryl methyl sites for hydroxylation is 2. The predicted octanol–water partition coefficient (Wildman–Crippen LogP) is 4.40. The van der Waals surface area contributed by atoms with Crippen molar-refractivity contribution in [3.63, 3.8) is 0 Å². The fourth-order valence-electron chi connectivity index (χ4n) is 3.93. The maximum Gasteiger partial charge on any atom is 0.227 e. The molecule has 2 heterocycles. The second kappa shape index (κ2) is 7.47. The largest absolute Gasteiger partial charge is 0.490 e. The normalized spacial score (nSPS) is 15.3. The maximum absolute atomic E-state index is 12.8. The van der Waals surface area contributed by atoms with Crippen molar-refractivity contribution >= 4 is 16.8 Å². The Morgan fingerprint density at radius 1 is 1.07 bits per heavy atom. The zero-order valence-corrected chi connectivity index (χ0v) is 16.0. The quantitative estimate of drug-likeness (QED) is 0.748. The van der Waals surface area contributed by atoms with Crippen LogP contribution in [0.3, 0.4) is 0 Å². The van der Waals surface area contributed by atoms with Crippen LogP contribution >= 0.6 is 0 Å². The van der Waals surface area contributed by atoms with Crippen LogP contribution in [0, 0.1) is 13.8 Å². The number of carbonyl (C=O) groups excluding carboxylic acids is 1. The maximum atomic E-state index is 12.8. The van der Waals surface area contributed by atoms with Gasteiger partial charge < -0.3 is 14.6 Å². The molecule has 0 atom stereocenters. The zero-order chi connectivity index (χ0) is 18.8. The zero-order valence-electron chi connectivity index (χ0n) is 16.0. The molecule has 1 aliphatic rings. The molecule has 0 bridgehead atoms. The fraction of sp³-hybridized carbons (Fsp3) is 0.348. The Bertz CT molecular complexity index is 932. The van der Waals surface area contributed by atoms with Gasteiger partial charge in [0.1, 0.15) is 11.9 Å². The van der Waals surface area contributed by atoms with E-state index in [0.29, 0.717) is 6.42 Å². The van der Waals surface area contributed by atoms with Crippen LogP contribution in [0.4, 0.5) is 0 Å². The monoisotopic (exact) mass is 362 g/mol. The Morgan fingerprint density at radius 3 is 2.52 bits per heavy atom. The van der Waals surface area contributed by atoms with E-state index < -0.39 is 0 Å². The second-order valence-corrected chi connectivity index (χ2v) is 7.46. The number of H-pyrrole nitrogens is 1. The molecule has 4 nitrogen and oxygen atoms in total. The van der Waals surface area contributed by atoms with E-state index in [1.54, 1.807) is 0 Å². The first-order valence-corrected chi connectivity index (χ1v) is 9.67. The summed E-state index contributed by atoms with van der Waals surface area (Å²) in [4.78, 5) is 18.0. The van der Waals surface area contributed by atoms with E-state index in [4.69, 9.17) is 4.74 Å². The average Bonchev–Trinajstić information content (AvgIpc) is 3.08. The highest BCUT2D eigenvalue weighted by molar-refractivity contribution is 5.88. The molecule has 1 fully saturated rings. The summed E-state index contributed by atoms with van der Waals surface area (Å²) in [6, 6.07) is 14.4. The van der Waals surface area contributed by atoms with Crippen LogP contribution in [0.25, 0.3) is 10.9 Å². The highest BCUT2D eigenvalue weighted by Gasteiger charge is 2.25. The lowest BCUT2D eigenvalue weighted by Crippen LogP contribution is -2.42. The molecule has 3 aromatic rings. The van der Waals surface area contributed by atoms with E-state index in [1.807, 2.05) is 29.3 Å². The molecule has 140 valence electrons. The van der Waals surface area contributed by atoms with Crippen LogP contribution in [0.1, 0.15) is 29.5 Å². The van der Waals surface area contributed by atoms with Crippen molar-refractivity contribution in [3.05, 3.63) is 65.4 Å². The van der Waals surface area contributed by atoms with Crippen LogP contribution in [0.2, 0.25) is 0 Å². The first-order valence-electron chi connectivity index (χ1n) is 9.67. The van der Waals surface area contributed by atoms with E-state index in [0.717, 1.165) is 48.1 Å². The lowest BCUT2D eigenvalue weighted by Gasteiger charge is -2.33. The van der Waals surface area contributed by atoms with Crippen molar-refractivity contribution in [1.82, 2.24) is 9.88 Å². The number of likely N-dealkylation sites (tertiary alicyclic amines) is 1. The predicted molar refractivity (Wildman–Crippen MR) is 108 cm³/mol. The molecule has 1 N–H and O–H groups in total. The van der Waals surface area contributed by atoms with Crippen LogP contribution in [0.5, 0.6) is 5.75 Å². The van der Waals surface area contributed by atoms with Gasteiger partial charge in [-0.1, -0.05) is 36.4 Å². The first kappa shape index (κ1) is 17.7. The number of aromatic nitrogens is 1. The standard InChI is InChI=1S/C23H26N2O2/c1-16-6-5-7-17(2)23(16)27-19-10-12-25(13-11-19)22(26)14-18-15-24-21-9-4-3-8-20(18)21/h3-9,15,19,24H,10-14H2,1-2H3. The third-order valence-electron chi connectivity index (χ3n) is 5.50. The molecule has 0 saturated carbocycles. The molecule has 2 aromatic carbocycles. The summed E-state index contributed by atoms with van der Waals surface area (Å²) in [5.41, 5.74) is 4.51. The first-order chi connectivity index (χ1) is 13.1. The number of nitrogens with zero attached hydrogens (tertiary/aromatic N) is 1. The van der Waals surface area contributed by atoms with Crippen molar-refractivity contribution in [1.29, 1.82) is 0 Å². The number of ether oxygens (including phenoxy) is 1. The fourth-order valence-corrected chi connectivity index (χ4v) is 3.93. The number of piperidine rings is 1. The number of para-hydroxylation sites is 2. The number of fused-ring (bicyclic) bond motifs is 1. The van der Waals surface area contributed by atoms with Crippen molar-refractivity contribution < 1.29 is 9.53 Å². The van der Waals surface area contributed by atoms with Gasteiger partial charge in [-0.3, -0.25) is 4.79 Å². The third kappa shape index (κ3) is 3.70. The third-order valence-corrected chi connectivity index (χ3v) is 5.50. The van der Waals surface area contributed by atoms with Crippen LogP contribution in [0.15, 0.2) is 48.7 Å². The molecular formula is C23H26N2O2. The number of aromatic amines is 1. The van der Waals surface area contributed by atoms with Gasteiger partial charge in [-0.25, -0.2) is 0 Å². The van der Waals surface area contributed by atoms with Gasteiger partial charge in [-0.05, 0) is 36.6 Å². The Hall–Kier alpha value is -2.75. The average molecular weight is 362 g/mol. The van der Waals surface area contributed by atoms with Gasteiger partial charge >= 0.3 is 0 Å². The number of hydrogen-bond acceptors (Lipinski definition) is 2. The molecule has 1 amide bonds. The lowest BCUT2D eigenvalue weighted by atomic mass is 10.0. The van der Waals surface area contributed by atoms with Crippen molar-refractivity contribution in [2.45, 2.75) is 39.2 Å². The SMILES string of the molecule is Cc1cccc(C)c1OC1CCN(C(=O)Cc2c[nH]c3ccccc23)CC1. The van der Waals surface area contributed by atoms with Gasteiger partial charge in [0.05, 0.1) is 6.42 Å². The molecule has 1 aromatic heterocycles. The van der Waals surface area contributed by atoms with Gasteiger partial charge in [0, 0.05) is 43.0 Å². The summed E-state index contributed by atoms with van der Waals surface area (Å²) in [5.74, 6) is 1.20. The van der Waals surface area contributed by atoms with Crippen molar-refractivity contribution in [3.8, 4) is 5.75 Å². The van der Waals surface area contributed by atoms with Crippen LogP contribution in [-0.2, 0) is 11.2 Å². The number of rotatable bonds is 4. The molecule has 0 spiro atoms. The molecule has 0 radical (unpaired) electrons. The van der Waals surface area contributed by atoms with E-state index >= 15 is 0 Å². The minimum absolute atomic E-state index is 0.182. The van der Waals surface area contributed by atoms with Gasteiger partial charge in [-0.15, -0.1) is 0 Å². The van der Waals surface area contributed by atoms with Gasteiger partial charge in [0.15, 0.2) is 0 Å². The summed E-state index contributed by atoms with van der Waals surface area (Å²) < 4.78 is 6.27. The minimum Gasteiger partial charge on any atom is -0.490 e. The summed E-state index contributed by atoms with van der Waals surface area (Å²) >= 11 is 0. The van der Waals surface area contributed by atoms with Gasteiger partial charge in [-0.2, -0.15) is 0 Å². The molecular weight excluding hydrogens is 336 g/mol. The molecule has 1 saturated heterocycles. The molecule has 4 heteroatoms. The molecule has 4 rings (SSSR count). The summed E-state index contributed by atoms with van der Waals surface area (Å²) in [6.45, 7) is 5.69. The van der Waals surface area contributed by atoms with Gasteiger partial charge in [0.2, 0.25) is 5.91 Å². The number of nitrogens with one attached hydrogen (secondary N) is 1. The van der Waals surface area contributed by atoms with E-state index in [1.165, 1.54) is 11.1 Å². The number of benzene rings is 2. The Balaban J connectivity index is 1.35. The Kier molecular flexibility index (Phi) is 4.88. The highest BCUT2D eigenvalue weighted by atomic mass is 16.5. The molecule has 27 heavy (non-hydrogen) atoms. The number of carbonyl (C=O) groups is 1. The lowest BCUT2D eigenvalue weighted by molar-refractivity contribution is -0.132. The minimum atomic E-state index is 0.182. The molecule has 0 unspecified atom stereocenters. The van der Waals surface area contributed by atoms with Crippen LogP contribution in [-0.4, -0.2) is 35.0 Å². The Morgan fingerprint density at radius 2 is 1.78 bits per heavy atom.